The number of rotatable bonds is 5. The predicted molar refractivity (Wildman–Crippen MR) is 139 cm³/mol. The van der Waals surface area contributed by atoms with E-state index >= 15 is 0 Å². The number of fused-ring (bicyclic) bond motifs is 1. The lowest BCUT2D eigenvalue weighted by Gasteiger charge is -2.33. The van der Waals surface area contributed by atoms with E-state index in [1.165, 1.54) is 12.3 Å². The predicted octanol–water partition coefficient (Wildman–Crippen LogP) is 4.88. The number of halogens is 1. The lowest BCUT2D eigenvalue weighted by atomic mass is 9.94. The third-order valence-electron chi connectivity index (χ3n) is 6.46. The van der Waals surface area contributed by atoms with Gasteiger partial charge >= 0.3 is 0 Å². The maximum Gasteiger partial charge on any atom is 0.239 e. The second-order valence-electron chi connectivity index (χ2n) is 8.60. The van der Waals surface area contributed by atoms with Crippen LogP contribution in [-0.2, 0) is 14.8 Å². The van der Waals surface area contributed by atoms with Crippen molar-refractivity contribution >= 4 is 38.2 Å². The van der Waals surface area contributed by atoms with Crippen LogP contribution >= 0.6 is 11.6 Å². The first-order chi connectivity index (χ1) is 16.8. The number of anilines is 1. The van der Waals surface area contributed by atoms with Crippen LogP contribution in [-0.4, -0.2) is 44.7 Å². The van der Waals surface area contributed by atoms with Crippen molar-refractivity contribution in [1.82, 2.24) is 9.97 Å². The molecule has 0 unspecified atom stereocenters. The maximum atomic E-state index is 12.0. The van der Waals surface area contributed by atoms with Gasteiger partial charge in [-0.05, 0) is 35.4 Å². The Morgan fingerprint density at radius 1 is 1.03 bits per heavy atom. The molecular weight excluding hydrogens is 484 g/mol. The third-order valence-corrected chi connectivity index (χ3v) is 7.61. The summed E-state index contributed by atoms with van der Waals surface area (Å²) >= 11 is 6.82. The van der Waals surface area contributed by atoms with Gasteiger partial charge in [0.05, 0.1) is 0 Å². The monoisotopic (exact) mass is 508 g/mol. The molecule has 0 spiro atoms. The lowest BCUT2D eigenvalue weighted by Crippen LogP contribution is -2.37. The van der Waals surface area contributed by atoms with E-state index in [2.05, 4.69) is 28.1 Å². The van der Waals surface area contributed by atoms with E-state index in [-0.39, 0.29) is 16.1 Å². The van der Waals surface area contributed by atoms with Gasteiger partial charge in [-0.2, -0.15) is 0 Å². The fourth-order valence-corrected chi connectivity index (χ4v) is 5.45. The van der Waals surface area contributed by atoms with Crippen LogP contribution in [0.5, 0.6) is 0 Å². The first-order valence-electron chi connectivity index (χ1n) is 11.3. The smallest absolute Gasteiger partial charge is 0.239 e. The normalized spacial score (nSPS) is 14.8. The Labute approximate surface area is 209 Å². The summed E-state index contributed by atoms with van der Waals surface area (Å²) in [6, 6.07) is 17.9. The molecule has 4 aromatic rings. The molecule has 5 rings (SSSR count). The Kier molecular flexibility index (Phi) is 6.46. The van der Waals surface area contributed by atoms with E-state index in [0.29, 0.717) is 24.3 Å². The van der Waals surface area contributed by atoms with Crippen LogP contribution in [0.1, 0.15) is 12.8 Å². The van der Waals surface area contributed by atoms with Gasteiger partial charge in [-0.1, -0.05) is 60.1 Å². The Balaban J connectivity index is 1.81. The second kappa shape index (κ2) is 9.54. The summed E-state index contributed by atoms with van der Waals surface area (Å²) in [5.41, 5.74) is 3.20. The number of pyridine rings is 2. The molecule has 7 nitrogen and oxygen atoms in total. The van der Waals surface area contributed by atoms with Crippen LogP contribution in [0.25, 0.3) is 33.0 Å². The van der Waals surface area contributed by atoms with Gasteiger partial charge < -0.3 is 9.64 Å². The molecule has 1 fully saturated rings. The Morgan fingerprint density at radius 2 is 1.77 bits per heavy atom. The molecule has 35 heavy (non-hydrogen) atoms. The van der Waals surface area contributed by atoms with Gasteiger partial charge in [0.1, 0.15) is 15.9 Å². The van der Waals surface area contributed by atoms with Gasteiger partial charge in [0.15, 0.2) is 0 Å². The number of aromatic nitrogens is 2. The van der Waals surface area contributed by atoms with Crippen molar-refractivity contribution in [3.05, 3.63) is 72.1 Å². The number of primary sulfonamides is 1. The van der Waals surface area contributed by atoms with Crippen LogP contribution in [0, 0.1) is 0 Å². The highest BCUT2D eigenvalue weighted by Gasteiger charge is 2.25. The summed E-state index contributed by atoms with van der Waals surface area (Å²) < 4.78 is 29.6. The first-order valence-corrected chi connectivity index (χ1v) is 13.2. The molecule has 2 N–H and O–H groups in total. The summed E-state index contributed by atoms with van der Waals surface area (Å²) in [7, 11) is -1.89. The molecule has 2 aromatic carbocycles. The van der Waals surface area contributed by atoms with Crippen LogP contribution in [0.15, 0.2) is 71.9 Å². The molecule has 0 saturated carbocycles. The summed E-state index contributed by atoms with van der Waals surface area (Å²) in [5, 5.41) is 7.43. The molecule has 1 saturated heterocycles. The van der Waals surface area contributed by atoms with E-state index in [1.807, 2.05) is 37.4 Å². The SMILES string of the molecule is CN(c1nc(Cl)c(-c2cncc(S(N)(=O)=O)c2)c2cccc(-c3ccccc3)c12)C1CCOCC1. The summed E-state index contributed by atoms with van der Waals surface area (Å²) in [6.07, 6.45) is 4.60. The van der Waals surface area contributed by atoms with Crippen molar-refractivity contribution in [1.29, 1.82) is 0 Å². The van der Waals surface area contributed by atoms with Gasteiger partial charge in [0.2, 0.25) is 10.0 Å². The van der Waals surface area contributed by atoms with E-state index in [9.17, 15) is 8.42 Å². The highest BCUT2D eigenvalue weighted by Crippen LogP contribution is 2.43. The van der Waals surface area contributed by atoms with Crippen molar-refractivity contribution in [3.8, 4) is 22.3 Å². The average molecular weight is 509 g/mol. The maximum absolute atomic E-state index is 12.0. The van der Waals surface area contributed by atoms with Crippen LogP contribution in [0.4, 0.5) is 5.82 Å². The number of hydrogen-bond donors (Lipinski definition) is 1. The molecule has 0 bridgehead atoms. The first kappa shape index (κ1) is 23.7. The molecule has 0 atom stereocenters. The summed E-state index contributed by atoms with van der Waals surface area (Å²) in [6.45, 7) is 1.41. The minimum atomic E-state index is -3.93. The minimum absolute atomic E-state index is 0.0816. The van der Waals surface area contributed by atoms with E-state index < -0.39 is 10.0 Å². The van der Waals surface area contributed by atoms with Crippen LogP contribution in [0.3, 0.4) is 0 Å². The van der Waals surface area contributed by atoms with Crippen molar-refractivity contribution in [3.63, 3.8) is 0 Å². The number of hydrogen-bond acceptors (Lipinski definition) is 6. The largest absolute Gasteiger partial charge is 0.381 e. The van der Waals surface area contributed by atoms with Gasteiger partial charge in [-0.25, -0.2) is 18.5 Å². The standard InChI is InChI=1S/C26H25ClN4O3S/c1-31(19-10-12-34-13-11-19)26-24-21(17-6-3-2-4-7-17)8-5-9-22(24)23(25(27)30-26)18-14-20(16-29-15-18)35(28,32)33/h2-9,14-16,19H,10-13H2,1H3,(H2,28,32,33). The van der Waals surface area contributed by atoms with Crippen molar-refractivity contribution in [2.24, 2.45) is 5.14 Å². The quantitative estimate of drug-likeness (QED) is 0.386. The highest BCUT2D eigenvalue weighted by atomic mass is 35.5. The molecule has 1 aliphatic heterocycles. The molecule has 1 aliphatic rings. The number of ether oxygens (including phenoxy) is 1. The van der Waals surface area contributed by atoms with Gasteiger partial charge in [-0.3, -0.25) is 4.98 Å². The van der Waals surface area contributed by atoms with Crippen molar-refractivity contribution < 1.29 is 13.2 Å². The second-order valence-corrected chi connectivity index (χ2v) is 10.5. The number of benzene rings is 2. The van der Waals surface area contributed by atoms with E-state index in [1.54, 1.807) is 6.20 Å². The fourth-order valence-electron chi connectivity index (χ4n) is 4.66. The Hall–Kier alpha value is -3.04. The zero-order chi connectivity index (χ0) is 24.6. The molecule has 180 valence electrons. The van der Waals surface area contributed by atoms with E-state index in [0.717, 1.165) is 40.6 Å². The molecule has 0 aliphatic carbocycles. The minimum Gasteiger partial charge on any atom is -0.381 e. The average Bonchev–Trinajstić information content (AvgIpc) is 2.88. The van der Waals surface area contributed by atoms with Crippen LogP contribution in [0.2, 0.25) is 5.15 Å². The Morgan fingerprint density at radius 3 is 2.49 bits per heavy atom. The lowest BCUT2D eigenvalue weighted by molar-refractivity contribution is 0.0854. The number of sulfonamides is 1. The highest BCUT2D eigenvalue weighted by molar-refractivity contribution is 7.89. The Bertz CT molecular complexity index is 1490. The van der Waals surface area contributed by atoms with Crippen molar-refractivity contribution in [2.45, 2.75) is 23.8 Å². The molecule has 9 heteroatoms. The fraction of sp³-hybridized carbons (Fsp3) is 0.231. The van der Waals surface area contributed by atoms with Crippen molar-refractivity contribution in [2.75, 3.05) is 25.2 Å². The summed E-state index contributed by atoms with van der Waals surface area (Å²) in [5.74, 6) is 0.774. The molecule has 3 heterocycles. The van der Waals surface area contributed by atoms with E-state index in [4.69, 9.17) is 26.5 Å². The topological polar surface area (TPSA) is 98.4 Å². The zero-order valence-corrected chi connectivity index (χ0v) is 20.8. The van der Waals surface area contributed by atoms with Crippen LogP contribution < -0.4 is 10.0 Å². The summed E-state index contributed by atoms with van der Waals surface area (Å²) in [4.78, 5) is 11.1. The van der Waals surface area contributed by atoms with Gasteiger partial charge in [0.25, 0.3) is 0 Å². The number of nitrogens with two attached hydrogens (primary N) is 1. The van der Waals surface area contributed by atoms with Gasteiger partial charge in [0, 0.05) is 55.2 Å². The molecular formula is C26H25ClN4O3S. The zero-order valence-electron chi connectivity index (χ0n) is 19.2. The molecule has 0 amide bonds. The molecule has 0 radical (unpaired) electrons. The third kappa shape index (κ3) is 4.62. The number of nitrogens with zero attached hydrogens (tertiary/aromatic N) is 3. The molecule has 2 aromatic heterocycles. The van der Waals surface area contributed by atoms with Gasteiger partial charge in [-0.15, -0.1) is 0 Å².